The van der Waals surface area contributed by atoms with Crippen LogP contribution in [0.5, 0.6) is 0 Å². The first-order chi connectivity index (χ1) is 10.3. The number of benzene rings is 1. The Morgan fingerprint density at radius 1 is 1.27 bits per heavy atom. The molecule has 0 saturated heterocycles. The van der Waals surface area contributed by atoms with Crippen molar-refractivity contribution in [2.75, 3.05) is 11.9 Å². The zero-order chi connectivity index (χ0) is 16.7. The first-order valence-electron chi connectivity index (χ1n) is 6.97. The van der Waals surface area contributed by atoms with Crippen LogP contribution in [0.4, 0.5) is 10.5 Å². The van der Waals surface area contributed by atoms with Crippen LogP contribution in [0.1, 0.15) is 30.6 Å². The Kier molecular flexibility index (Phi) is 6.37. The summed E-state index contributed by atoms with van der Waals surface area (Å²) in [5, 5.41) is 14.1. The molecule has 7 nitrogen and oxygen atoms in total. The third kappa shape index (κ3) is 5.82. The molecule has 0 radical (unpaired) electrons. The minimum absolute atomic E-state index is 0.0554. The van der Waals surface area contributed by atoms with Gasteiger partial charge in [0.15, 0.2) is 0 Å². The van der Waals surface area contributed by atoms with Crippen LogP contribution in [0.15, 0.2) is 24.3 Å². The lowest BCUT2D eigenvalue weighted by Crippen LogP contribution is -2.33. The second kappa shape index (κ2) is 8.02. The minimum Gasteiger partial charge on any atom is -0.481 e. The lowest BCUT2D eigenvalue weighted by atomic mass is 9.97. The molecular formula is C15H21N3O4. The molecule has 0 bridgehead atoms. The van der Waals surface area contributed by atoms with Gasteiger partial charge < -0.3 is 21.5 Å². The summed E-state index contributed by atoms with van der Waals surface area (Å²) in [5.74, 6) is -1.74. The number of aliphatic carboxylic acids is 1. The topological polar surface area (TPSA) is 122 Å². The van der Waals surface area contributed by atoms with Crippen molar-refractivity contribution in [1.29, 1.82) is 0 Å². The van der Waals surface area contributed by atoms with E-state index in [1.165, 1.54) is 6.07 Å². The van der Waals surface area contributed by atoms with Crippen molar-refractivity contribution in [3.63, 3.8) is 0 Å². The number of urea groups is 1. The number of carbonyl (C=O) groups excluding carboxylic acids is 2. The molecule has 1 aromatic rings. The highest BCUT2D eigenvalue weighted by molar-refractivity contribution is 5.96. The molecule has 5 N–H and O–H groups in total. The molecule has 1 aromatic carbocycles. The van der Waals surface area contributed by atoms with Gasteiger partial charge >= 0.3 is 12.0 Å². The molecule has 22 heavy (non-hydrogen) atoms. The molecule has 0 aromatic heterocycles. The lowest BCUT2D eigenvalue weighted by molar-refractivity contribution is -0.142. The summed E-state index contributed by atoms with van der Waals surface area (Å²) < 4.78 is 0. The molecule has 1 rings (SSSR count). The highest BCUT2D eigenvalue weighted by atomic mass is 16.4. The van der Waals surface area contributed by atoms with Gasteiger partial charge in [0.25, 0.3) is 5.91 Å². The van der Waals surface area contributed by atoms with Gasteiger partial charge in [-0.1, -0.05) is 19.9 Å². The van der Waals surface area contributed by atoms with Crippen LogP contribution in [-0.2, 0) is 4.79 Å². The monoisotopic (exact) mass is 307 g/mol. The Labute approximate surface area is 128 Å². The average Bonchev–Trinajstić information content (AvgIpc) is 2.42. The van der Waals surface area contributed by atoms with Crippen molar-refractivity contribution in [3.8, 4) is 0 Å². The van der Waals surface area contributed by atoms with Crippen LogP contribution in [0.25, 0.3) is 0 Å². The summed E-state index contributed by atoms with van der Waals surface area (Å²) >= 11 is 0. The van der Waals surface area contributed by atoms with Crippen molar-refractivity contribution < 1.29 is 19.5 Å². The van der Waals surface area contributed by atoms with Gasteiger partial charge in [-0.3, -0.25) is 9.59 Å². The van der Waals surface area contributed by atoms with E-state index in [9.17, 15) is 14.4 Å². The van der Waals surface area contributed by atoms with E-state index in [1.54, 1.807) is 18.2 Å². The fourth-order valence-corrected chi connectivity index (χ4v) is 2.04. The van der Waals surface area contributed by atoms with Crippen LogP contribution in [0.3, 0.4) is 0 Å². The van der Waals surface area contributed by atoms with Gasteiger partial charge in [0, 0.05) is 17.8 Å². The van der Waals surface area contributed by atoms with E-state index in [2.05, 4.69) is 10.6 Å². The van der Waals surface area contributed by atoms with Gasteiger partial charge in [0.05, 0.1) is 5.92 Å². The number of carbonyl (C=O) groups is 3. The Bertz CT molecular complexity index is 557. The number of carboxylic acids is 1. The molecule has 3 amide bonds. The number of rotatable bonds is 7. The summed E-state index contributed by atoms with van der Waals surface area (Å²) in [6, 6.07) is 5.52. The molecular weight excluding hydrogens is 286 g/mol. The minimum atomic E-state index is -0.932. The van der Waals surface area contributed by atoms with Gasteiger partial charge in [-0.05, 0) is 30.5 Å². The fourth-order valence-electron chi connectivity index (χ4n) is 2.04. The first-order valence-corrected chi connectivity index (χ1v) is 6.97. The zero-order valence-corrected chi connectivity index (χ0v) is 12.6. The zero-order valence-electron chi connectivity index (χ0n) is 12.6. The van der Waals surface area contributed by atoms with Crippen LogP contribution < -0.4 is 16.4 Å². The molecule has 0 aliphatic carbocycles. The summed E-state index contributed by atoms with van der Waals surface area (Å²) in [4.78, 5) is 34.0. The predicted molar refractivity (Wildman–Crippen MR) is 82.6 cm³/mol. The molecule has 7 heteroatoms. The number of hydrogen-bond donors (Lipinski definition) is 4. The third-order valence-electron chi connectivity index (χ3n) is 3.01. The smallest absolute Gasteiger partial charge is 0.316 e. The maximum Gasteiger partial charge on any atom is 0.316 e. The van der Waals surface area contributed by atoms with E-state index in [-0.39, 0.29) is 12.5 Å². The summed E-state index contributed by atoms with van der Waals surface area (Å²) in [5.41, 5.74) is 5.73. The van der Waals surface area contributed by atoms with E-state index < -0.39 is 23.8 Å². The Hall–Kier alpha value is -2.57. The van der Waals surface area contributed by atoms with Gasteiger partial charge in [0.1, 0.15) is 0 Å². The summed E-state index contributed by atoms with van der Waals surface area (Å²) in [6.45, 7) is 3.91. The largest absolute Gasteiger partial charge is 0.481 e. The molecule has 120 valence electrons. The first kappa shape index (κ1) is 17.5. The molecule has 0 fully saturated rings. The second-order valence-corrected chi connectivity index (χ2v) is 5.44. The Morgan fingerprint density at radius 3 is 2.50 bits per heavy atom. The van der Waals surface area contributed by atoms with E-state index >= 15 is 0 Å². The second-order valence-electron chi connectivity index (χ2n) is 5.44. The highest BCUT2D eigenvalue weighted by Gasteiger charge is 2.20. The van der Waals surface area contributed by atoms with Crippen LogP contribution in [0, 0.1) is 11.8 Å². The van der Waals surface area contributed by atoms with Crippen molar-refractivity contribution in [3.05, 3.63) is 29.8 Å². The van der Waals surface area contributed by atoms with E-state index in [1.807, 2.05) is 13.8 Å². The SMILES string of the molecule is CC(C)CC(CNC(=O)c1cccc(NC(N)=O)c1)C(=O)O. The lowest BCUT2D eigenvalue weighted by Gasteiger charge is -2.15. The van der Waals surface area contributed by atoms with Crippen LogP contribution in [-0.4, -0.2) is 29.6 Å². The number of amides is 3. The molecule has 0 saturated carbocycles. The van der Waals surface area contributed by atoms with Crippen molar-refractivity contribution in [2.24, 2.45) is 17.6 Å². The molecule has 1 atom stereocenters. The molecule has 0 aliphatic heterocycles. The third-order valence-corrected chi connectivity index (χ3v) is 3.01. The van der Waals surface area contributed by atoms with E-state index in [0.717, 1.165) is 0 Å². The molecule has 0 heterocycles. The number of carboxylic acid groups (broad SMARTS) is 1. The molecule has 1 unspecified atom stereocenters. The van der Waals surface area contributed by atoms with Gasteiger partial charge in [-0.15, -0.1) is 0 Å². The fraction of sp³-hybridized carbons (Fsp3) is 0.400. The van der Waals surface area contributed by atoms with Gasteiger partial charge in [0.2, 0.25) is 0 Å². The Balaban J connectivity index is 2.68. The number of hydrogen-bond acceptors (Lipinski definition) is 3. The van der Waals surface area contributed by atoms with Crippen molar-refractivity contribution in [2.45, 2.75) is 20.3 Å². The predicted octanol–water partition coefficient (Wildman–Crippen LogP) is 1.65. The highest BCUT2D eigenvalue weighted by Crippen LogP contribution is 2.13. The van der Waals surface area contributed by atoms with Crippen LogP contribution >= 0.6 is 0 Å². The number of anilines is 1. The van der Waals surface area contributed by atoms with Gasteiger partial charge in [-0.2, -0.15) is 0 Å². The van der Waals surface area contributed by atoms with E-state index in [0.29, 0.717) is 17.7 Å². The number of primary amides is 1. The summed E-state index contributed by atoms with van der Waals surface area (Å²) in [7, 11) is 0. The molecule has 0 spiro atoms. The summed E-state index contributed by atoms with van der Waals surface area (Å²) in [6.07, 6.45) is 0.485. The van der Waals surface area contributed by atoms with Gasteiger partial charge in [-0.25, -0.2) is 4.79 Å². The maximum atomic E-state index is 12.0. The quantitative estimate of drug-likeness (QED) is 0.612. The normalized spacial score (nSPS) is 11.8. The number of nitrogens with two attached hydrogens (primary N) is 1. The van der Waals surface area contributed by atoms with Crippen LogP contribution in [0.2, 0.25) is 0 Å². The standard InChI is InChI=1S/C15H21N3O4/c1-9(2)6-11(14(20)21)8-17-13(19)10-4-3-5-12(7-10)18-15(16)22/h3-5,7,9,11H,6,8H2,1-2H3,(H,17,19)(H,20,21)(H3,16,18,22). The Morgan fingerprint density at radius 2 is 1.95 bits per heavy atom. The molecule has 0 aliphatic rings. The van der Waals surface area contributed by atoms with Crippen molar-refractivity contribution >= 4 is 23.6 Å². The number of nitrogens with one attached hydrogen (secondary N) is 2. The van der Waals surface area contributed by atoms with Crippen molar-refractivity contribution in [1.82, 2.24) is 5.32 Å². The van der Waals surface area contributed by atoms with E-state index in [4.69, 9.17) is 10.8 Å². The average molecular weight is 307 g/mol. The maximum absolute atomic E-state index is 12.0.